The van der Waals surface area contributed by atoms with Crippen molar-refractivity contribution in [3.63, 3.8) is 0 Å². The third-order valence-electron chi connectivity index (χ3n) is 1.52. The zero-order valence-corrected chi connectivity index (χ0v) is 7.96. The van der Waals surface area contributed by atoms with Crippen molar-refractivity contribution in [2.45, 2.75) is 20.8 Å². The second-order valence-electron chi connectivity index (χ2n) is 4.03. The molecule has 0 saturated heterocycles. The molecule has 0 N–H and O–H groups in total. The lowest BCUT2D eigenvalue weighted by molar-refractivity contribution is 0.547. The minimum Gasteiger partial charge on any atom is -0.0785 e. The number of rotatable bonds is 1. The molecule has 0 aliphatic carbocycles. The van der Waals surface area contributed by atoms with Gasteiger partial charge in [-0.1, -0.05) is 57.2 Å². The van der Waals surface area contributed by atoms with Gasteiger partial charge in [0.25, 0.3) is 0 Å². The van der Waals surface area contributed by atoms with Crippen LogP contribution in [0.1, 0.15) is 26.3 Å². The van der Waals surface area contributed by atoms with E-state index in [0.29, 0.717) is 0 Å². The topological polar surface area (TPSA) is 0 Å². The van der Waals surface area contributed by atoms with Gasteiger partial charge in [0.15, 0.2) is 0 Å². The van der Waals surface area contributed by atoms with Crippen LogP contribution in [0.4, 0.5) is 0 Å². The van der Waals surface area contributed by atoms with Gasteiger partial charge in [0.05, 0.1) is 0 Å². The van der Waals surface area contributed by atoms with Crippen molar-refractivity contribution >= 4 is 6.08 Å². The highest BCUT2D eigenvalue weighted by molar-refractivity contribution is 5.49. The molecule has 0 nitrogen and oxygen atoms in total. The molecule has 0 fully saturated rings. The number of allylic oxidation sites excluding steroid dienone is 1. The number of hydrogen-bond donors (Lipinski definition) is 0. The van der Waals surface area contributed by atoms with E-state index in [1.165, 1.54) is 5.56 Å². The lowest BCUT2D eigenvalue weighted by Crippen LogP contribution is -1.97. The summed E-state index contributed by atoms with van der Waals surface area (Å²) in [5.41, 5.74) is 1.50. The average Bonchev–Trinajstić information content (AvgIpc) is 2.02. The van der Waals surface area contributed by atoms with Crippen molar-refractivity contribution in [1.29, 1.82) is 0 Å². The third-order valence-corrected chi connectivity index (χ3v) is 1.52. The molecular formula is C12H15. The molecule has 0 unspecified atom stereocenters. The molecule has 63 valence electrons. The summed E-state index contributed by atoms with van der Waals surface area (Å²) in [6.45, 7) is 6.58. The molecule has 1 rings (SSSR count). The van der Waals surface area contributed by atoms with E-state index in [1.807, 2.05) is 12.1 Å². The van der Waals surface area contributed by atoms with Crippen LogP contribution in [0.2, 0.25) is 0 Å². The molecule has 1 radical (unpaired) electrons. The molecule has 0 aromatic heterocycles. The summed E-state index contributed by atoms with van der Waals surface area (Å²) >= 11 is 0. The monoisotopic (exact) mass is 159 g/mol. The van der Waals surface area contributed by atoms with Crippen LogP contribution in [0, 0.1) is 11.5 Å². The standard InChI is InChI=1S/C12H15/c1-12(2,3)10-9-11-7-5-4-6-8-11/h5-10H,1-3H3/b10-9+. The first-order valence-electron chi connectivity index (χ1n) is 4.23. The van der Waals surface area contributed by atoms with Crippen LogP contribution in [0.15, 0.2) is 30.3 Å². The summed E-state index contributed by atoms with van der Waals surface area (Å²) < 4.78 is 0. The molecule has 0 amide bonds. The van der Waals surface area contributed by atoms with Crippen LogP contribution < -0.4 is 0 Å². The minimum atomic E-state index is 0.263. The second kappa shape index (κ2) is 3.57. The molecule has 0 saturated carbocycles. The predicted molar refractivity (Wildman–Crippen MR) is 53.8 cm³/mol. The average molecular weight is 159 g/mol. The van der Waals surface area contributed by atoms with E-state index in [-0.39, 0.29) is 5.41 Å². The first-order chi connectivity index (χ1) is 5.58. The van der Waals surface area contributed by atoms with E-state index >= 15 is 0 Å². The van der Waals surface area contributed by atoms with Gasteiger partial charge in [0, 0.05) is 0 Å². The minimum absolute atomic E-state index is 0.263. The molecule has 0 heteroatoms. The Balaban J connectivity index is 2.71. The van der Waals surface area contributed by atoms with Gasteiger partial charge >= 0.3 is 0 Å². The van der Waals surface area contributed by atoms with Crippen LogP contribution in [-0.2, 0) is 0 Å². The van der Waals surface area contributed by atoms with Gasteiger partial charge in [0.1, 0.15) is 0 Å². The van der Waals surface area contributed by atoms with Crippen LogP contribution in [0.25, 0.3) is 6.08 Å². The highest BCUT2D eigenvalue weighted by Gasteiger charge is 2.02. The molecule has 0 spiro atoms. The van der Waals surface area contributed by atoms with E-state index in [2.05, 4.69) is 51.1 Å². The normalized spacial score (nSPS) is 12.2. The van der Waals surface area contributed by atoms with Crippen LogP contribution >= 0.6 is 0 Å². The molecule has 0 heterocycles. The summed E-state index contributed by atoms with van der Waals surface area (Å²) in [5.74, 6) is 0. The highest BCUT2D eigenvalue weighted by Crippen LogP contribution is 2.16. The summed E-state index contributed by atoms with van der Waals surface area (Å²) in [5, 5.41) is 0. The Labute approximate surface area is 74.9 Å². The zero-order chi connectivity index (χ0) is 9.03. The molecule has 0 bridgehead atoms. The van der Waals surface area contributed by atoms with Crippen molar-refractivity contribution in [3.05, 3.63) is 42.0 Å². The smallest absolute Gasteiger partial charge is 0.0184 e. The Morgan fingerprint density at radius 3 is 2.25 bits per heavy atom. The summed E-state index contributed by atoms with van der Waals surface area (Å²) in [6, 6.07) is 11.0. The van der Waals surface area contributed by atoms with Gasteiger partial charge in [-0.2, -0.15) is 0 Å². The van der Waals surface area contributed by atoms with Gasteiger partial charge in [-0.15, -0.1) is 0 Å². The van der Waals surface area contributed by atoms with E-state index in [0.717, 1.165) is 0 Å². The van der Waals surface area contributed by atoms with Crippen molar-refractivity contribution in [2.24, 2.45) is 5.41 Å². The predicted octanol–water partition coefficient (Wildman–Crippen LogP) is 3.55. The van der Waals surface area contributed by atoms with Crippen molar-refractivity contribution in [1.82, 2.24) is 0 Å². The maximum Gasteiger partial charge on any atom is -0.0184 e. The largest absolute Gasteiger partial charge is 0.0785 e. The van der Waals surface area contributed by atoms with Crippen molar-refractivity contribution in [2.75, 3.05) is 0 Å². The summed E-state index contributed by atoms with van der Waals surface area (Å²) in [7, 11) is 0. The molecule has 1 aromatic carbocycles. The maximum atomic E-state index is 3.00. The van der Waals surface area contributed by atoms with E-state index in [1.54, 1.807) is 0 Å². The first-order valence-corrected chi connectivity index (χ1v) is 4.23. The number of hydrogen-bond acceptors (Lipinski definition) is 0. The fourth-order valence-corrected chi connectivity index (χ4v) is 0.857. The fraction of sp³-hybridized carbons (Fsp3) is 0.333. The quantitative estimate of drug-likeness (QED) is 0.588. The van der Waals surface area contributed by atoms with Crippen molar-refractivity contribution < 1.29 is 0 Å². The summed E-state index contributed by atoms with van der Waals surface area (Å²) in [6.07, 6.45) is 4.36. The highest BCUT2D eigenvalue weighted by atomic mass is 14.1. The number of benzene rings is 1. The first kappa shape index (κ1) is 9.05. The Bertz CT molecular complexity index is 249. The SMILES string of the molecule is CC(C)(C)/C=C/c1cc[c]cc1. The van der Waals surface area contributed by atoms with E-state index < -0.39 is 0 Å². The molecule has 1 aromatic rings. The maximum absolute atomic E-state index is 3.00. The Hall–Kier alpha value is -1.04. The van der Waals surface area contributed by atoms with Crippen LogP contribution in [0.5, 0.6) is 0 Å². The lowest BCUT2D eigenvalue weighted by atomic mass is 9.95. The van der Waals surface area contributed by atoms with Gasteiger partial charge in [-0.25, -0.2) is 0 Å². The molecule has 0 aliphatic rings. The second-order valence-corrected chi connectivity index (χ2v) is 4.03. The van der Waals surface area contributed by atoms with E-state index in [4.69, 9.17) is 0 Å². The fourth-order valence-electron chi connectivity index (χ4n) is 0.857. The molecule has 0 atom stereocenters. The third kappa shape index (κ3) is 3.38. The Kier molecular flexibility index (Phi) is 2.69. The van der Waals surface area contributed by atoms with Crippen molar-refractivity contribution in [3.8, 4) is 0 Å². The molecular weight excluding hydrogens is 144 g/mol. The summed E-state index contributed by atoms with van der Waals surface area (Å²) in [4.78, 5) is 0. The lowest BCUT2D eigenvalue weighted by Gasteiger charge is -2.10. The Morgan fingerprint density at radius 1 is 1.17 bits per heavy atom. The van der Waals surface area contributed by atoms with Gasteiger partial charge in [0.2, 0.25) is 0 Å². The zero-order valence-electron chi connectivity index (χ0n) is 7.96. The van der Waals surface area contributed by atoms with Gasteiger partial charge < -0.3 is 0 Å². The Morgan fingerprint density at radius 2 is 1.75 bits per heavy atom. The van der Waals surface area contributed by atoms with Crippen LogP contribution in [-0.4, -0.2) is 0 Å². The van der Waals surface area contributed by atoms with Gasteiger partial charge in [-0.05, 0) is 17.0 Å². The van der Waals surface area contributed by atoms with Gasteiger partial charge in [-0.3, -0.25) is 0 Å². The van der Waals surface area contributed by atoms with Crippen LogP contribution in [0.3, 0.4) is 0 Å². The van der Waals surface area contributed by atoms with E-state index in [9.17, 15) is 0 Å². The molecule has 12 heavy (non-hydrogen) atoms. The molecule has 0 aliphatic heterocycles.